The van der Waals surface area contributed by atoms with Crippen LogP contribution in [0.1, 0.15) is 32.5 Å². The van der Waals surface area contributed by atoms with Gasteiger partial charge in [-0.25, -0.2) is 9.78 Å². The molecule has 1 aromatic carbocycles. The number of thiazole rings is 1. The Balaban J connectivity index is 1.83. The Kier molecular flexibility index (Phi) is 4.96. The number of nitro groups is 1. The number of nitro benzene ring substituents is 1. The summed E-state index contributed by atoms with van der Waals surface area (Å²) in [5.41, 5.74) is 0.770. The molecule has 0 bridgehead atoms. The van der Waals surface area contributed by atoms with Gasteiger partial charge in [-0.3, -0.25) is 20.2 Å². The van der Waals surface area contributed by atoms with E-state index >= 15 is 0 Å². The minimum atomic E-state index is -0.559. The molecule has 0 radical (unpaired) electrons. The Bertz CT molecular complexity index is 1020. The van der Waals surface area contributed by atoms with Gasteiger partial charge in [-0.2, -0.15) is 0 Å². The minimum Gasteiger partial charge on any atom is -0.462 e. The maximum atomic E-state index is 12.3. The third-order valence-corrected chi connectivity index (χ3v) is 5.86. The first kappa shape index (κ1) is 18.0. The third kappa shape index (κ3) is 3.41. The summed E-state index contributed by atoms with van der Waals surface area (Å²) in [6.45, 7) is 3.83. The van der Waals surface area contributed by atoms with Gasteiger partial charge in [0.1, 0.15) is 9.71 Å². The van der Waals surface area contributed by atoms with Crippen molar-refractivity contribution >= 4 is 54.9 Å². The van der Waals surface area contributed by atoms with Crippen LogP contribution in [0.5, 0.6) is 0 Å². The van der Waals surface area contributed by atoms with Crippen molar-refractivity contribution in [1.82, 2.24) is 4.98 Å². The number of non-ortho nitro benzene ring substituents is 1. The molecule has 0 saturated carbocycles. The number of thiophene rings is 1. The molecule has 1 N–H and O–H groups in total. The lowest BCUT2D eigenvalue weighted by molar-refractivity contribution is -0.384. The quantitative estimate of drug-likeness (QED) is 0.400. The van der Waals surface area contributed by atoms with Gasteiger partial charge in [0.2, 0.25) is 0 Å². The first-order valence-electron chi connectivity index (χ1n) is 7.53. The Morgan fingerprint density at radius 2 is 2.12 bits per heavy atom. The number of hydrogen-bond donors (Lipinski definition) is 1. The predicted octanol–water partition coefficient (Wildman–Crippen LogP) is 4.00. The average molecular weight is 391 g/mol. The monoisotopic (exact) mass is 391 g/mol. The zero-order valence-electron chi connectivity index (χ0n) is 13.8. The van der Waals surface area contributed by atoms with Crippen molar-refractivity contribution in [2.45, 2.75) is 13.8 Å². The zero-order chi connectivity index (χ0) is 18.8. The Hall–Kier alpha value is -2.85. The zero-order valence-corrected chi connectivity index (χ0v) is 15.4. The van der Waals surface area contributed by atoms with Gasteiger partial charge in [0.15, 0.2) is 5.13 Å². The second kappa shape index (κ2) is 7.18. The van der Waals surface area contributed by atoms with Crippen molar-refractivity contribution in [2.75, 3.05) is 11.9 Å². The van der Waals surface area contributed by atoms with Crippen LogP contribution in [0, 0.1) is 17.0 Å². The number of esters is 1. The number of aryl methyl sites for hydroxylation is 1. The second-order valence-electron chi connectivity index (χ2n) is 5.19. The van der Waals surface area contributed by atoms with Crippen molar-refractivity contribution in [1.29, 1.82) is 0 Å². The van der Waals surface area contributed by atoms with Crippen molar-refractivity contribution in [3.8, 4) is 0 Å². The van der Waals surface area contributed by atoms with E-state index in [-0.39, 0.29) is 17.2 Å². The van der Waals surface area contributed by atoms with Crippen LogP contribution in [0.2, 0.25) is 0 Å². The number of hydrogen-bond acceptors (Lipinski definition) is 8. The van der Waals surface area contributed by atoms with E-state index in [4.69, 9.17) is 4.74 Å². The number of nitrogens with zero attached hydrogens (tertiary/aromatic N) is 2. The van der Waals surface area contributed by atoms with Crippen LogP contribution >= 0.6 is 22.7 Å². The Morgan fingerprint density at radius 1 is 1.35 bits per heavy atom. The number of carbonyl (C=O) groups excluding carboxylic acids is 2. The molecular formula is C16H13N3O5S2. The second-order valence-corrected chi connectivity index (χ2v) is 7.19. The molecule has 1 amide bonds. The van der Waals surface area contributed by atoms with Crippen LogP contribution in [0.3, 0.4) is 0 Å². The van der Waals surface area contributed by atoms with Crippen LogP contribution in [-0.2, 0) is 4.74 Å². The maximum Gasteiger partial charge on any atom is 0.348 e. The first-order chi connectivity index (χ1) is 12.4. The van der Waals surface area contributed by atoms with Gasteiger partial charge in [0, 0.05) is 17.7 Å². The van der Waals surface area contributed by atoms with Crippen LogP contribution in [0.25, 0.3) is 9.53 Å². The van der Waals surface area contributed by atoms with Gasteiger partial charge in [-0.1, -0.05) is 17.4 Å². The third-order valence-electron chi connectivity index (χ3n) is 3.48. The molecule has 0 aliphatic rings. The molecule has 2 heterocycles. The molecule has 134 valence electrons. The normalized spacial score (nSPS) is 10.7. The fourth-order valence-electron chi connectivity index (χ4n) is 2.26. The van der Waals surface area contributed by atoms with E-state index in [1.807, 2.05) is 0 Å². The lowest BCUT2D eigenvalue weighted by Gasteiger charge is -2.02. The summed E-state index contributed by atoms with van der Waals surface area (Å²) in [6, 6.07) is 5.46. The molecule has 0 aliphatic carbocycles. The summed E-state index contributed by atoms with van der Waals surface area (Å²) >= 11 is 2.45. The molecule has 26 heavy (non-hydrogen) atoms. The molecule has 0 unspecified atom stereocenters. The number of fused-ring (bicyclic) bond motifs is 1. The molecular weight excluding hydrogens is 378 g/mol. The number of nitrogens with one attached hydrogen (secondary N) is 1. The van der Waals surface area contributed by atoms with Gasteiger partial charge in [-0.05, 0) is 25.5 Å². The molecule has 0 atom stereocenters. The number of benzene rings is 1. The molecule has 0 fully saturated rings. The molecule has 8 nitrogen and oxygen atoms in total. The largest absolute Gasteiger partial charge is 0.462 e. The molecule has 2 aromatic heterocycles. The van der Waals surface area contributed by atoms with Crippen molar-refractivity contribution in [2.24, 2.45) is 0 Å². The molecule has 3 aromatic rings. The number of aromatic nitrogens is 1. The van der Waals surface area contributed by atoms with Crippen LogP contribution in [0.15, 0.2) is 24.3 Å². The van der Waals surface area contributed by atoms with Gasteiger partial charge in [0.05, 0.1) is 16.2 Å². The first-order valence-corrected chi connectivity index (χ1v) is 9.16. The molecule has 0 aliphatic heterocycles. The number of carbonyl (C=O) groups is 2. The summed E-state index contributed by atoms with van der Waals surface area (Å²) in [4.78, 5) is 39.9. The molecule has 0 spiro atoms. The summed E-state index contributed by atoms with van der Waals surface area (Å²) in [6.07, 6.45) is 0. The van der Waals surface area contributed by atoms with Gasteiger partial charge < -0.3 is 4.74 Å². The maximum absolute atomic E-state index is 12.3. The lowest BCUT2D eigenvalue weighted by atomic mass is 10.2. The average Bonchev–Trinajstić information content (AvgIpc) is 3.14. The van der Waals surface area contributed by atoms with Crippen molar-refractivity contribution in [3.63, 3.8) is 0 Å². The highest BCUT2D eigenvalue weighted by atomic mass is 32.1. The number of amides is 1. The van der Waals surface area contributed by atoms with E-state index in [0.717, 1.165) is 10.3 Å². The fourth-order valence-corrected chi connectivity index (χ4v) is 4.47. The van der Waals surface area contributed by atoms with Crippen LogP contribution in [0.4, 0.5) is 10.8 Å². The van der Waals surface area contributed by atoms with E-state index in [1.54, 1.807) is 13.8 Å². The summed E-state index contributed by atoms with van der Waals surface area (Å²) < 4.78 is 5.81. The van der Waals surface area contributed by atoms with Crippen molar-refractivity contribution in [3.05, 3.63) is 50.4 Å². The Morgan fingerprint density at radius 3 is 2.77 bits per heavy atom. The molecule has 3 rings (SSSR count). The molecule has 0 saturated heterocycles. The highest BCUT2D eigenvalue weighted by molar-refractivity contribution is 7.30. The van der Waals surface area contributed by atoms with E-state index < -0.39 is 10.8 Å². The van der Waals surface area contributed by atoms with Crippen molar-refractivity contribution < 1.29 is 19.2 Å². The Labute approximate surface area is 155 Å². The number of rotatable bonds is 5. The number of ether oxygens (including phenoxy) is 1. The smallest absolute Gasteiger partial charge is 0.348 e. The van der Waals surface area contributed by atoms with Crippen LogP contribution < -0.4 is 5.32 Å². The van der Waals surface area contributed by atoms with E-state index in [2.05, 4.69) is 10.3 Å². The summed E-state index contributed by atoms with van der Waals surface area (Å²) in [5, 5.41) is 13.8. The summed E-state index contributed by atoms with van der Waals surface area (Å²) in [7, 11) is 0. The molecule has 10 heteroatoms. The summed E-state index contributed by atoms with van der Waals surface area (Å²) in [5.74, 6) is -0.874. The van der Waals surface area contributed by atoms with E-state index in [9.17, 15) is 19.7 Å². The highest BCUT2D eigenvalue weighted by Gasteiger charge is 2.21. The standard InChI is InChI=1S/C16H13N3O5S2/c1-3-24-15(21)12-8(2)11-14(25-12)18-16(26-11)17-13(20)9-5-4-6-10(7-9)19(22)23/h4-7H,3H2,1-2H3,(H,17,18,20). The van der Waals surface area contributed by atoms with Gasteiger partial charge in [0.25, 0.3) is 11.6 Å². The highest BCUT2D eigenvalue weighted by Crippen LogP contribution is 2.37. The lowest BCUT2D eigenvalue weighted by Crippen LogP contribution is -2.11. The minimum absolute atomic E-state index is 0.160. The van der Waals surface area contributed by atoms with E-state index in [0.29, 0.717) is 21.4 Å². The van der Waals surface area contributed by atoms with Gasteiger partial charge in [-0.15, -0.1) is 11.3 Å². The SMILES string of the molecule is CCOC(=O)c1sc2nc(NC(=O)c3cccc([N+](=O)[O-])c3)sc2c1C. The van der Waals surface area contributed by atoms with Gasteiger partial charge >= 0.3 is 5.97 Å². The predicted molar refractivity (Wildman–Crippen MR) is 99.2 cm³/mol. The van der Waals surface area contributed by atoms with E-state index in [1.165, 1.54) is 46.9 Å². The fraction of sp³-hybridized carbons (Fsp3) is 0.188. The topological polar surface area (TPSA) is 111 Å². The van der Waals surface area contributed by atoms with Crippen LogP contribution in [-0.4, -0.2) is 28.4 Å². The number of anilines is 1.